The third-order valence-corrected chi connectivity index (χ3v) is 4.22. The first-order chi connectivity index (χ1) is 12.2. The lowest BCUT2D eigenvalue weighted by Gasteiger charge is -2.29. The van der Waals surface area contributed by atoms with Crippen molar-refractivity contribution in [3.05, 3.63) is 65.7 Å². The number of aromatic carboxylic acids is 1. The standard InChI is InChI=1S/C18H15N5O2/c24-17(25)13-1-2-14-11-23(8-4-12(14)9-13)18-21-5-3-15(22-18)16-10-19-6-7-20-16/h1-3,5-7,9-10H,4,8,11H2,(H,24,25). The van der Waals surface area contributed by atoms with Gasteiger partial charge in [0.25, 0.3) is 0 Å². The van der Waals surface area contributed by atoms with Gasteiger partial charge in [-0.3, -0.25) is 9.97 Å². The molecular weight excluding hydrogens is 318 g/mol. The molecule has 1 aromatic carbocycles. The highest BCUT2D eigenvalue weighted by Gasteiger charge is 2.20. The summed E-state index contributed by atoms with van der Waals surface area (Å²) >= 11 is 0. The SMILES string of the molecule is O=C(O)c1ccc2c(c1)CCN(c1nccc(-c3cnccn3)n1)C2. The maximum atomic E-state index is 11.1. The van der Waals surface area contributed by atoms with Gasteiger partial charge in [0.1, 0.15) is 5.69 Å². The predicted octanol–water partition coefficient (Wildman–Crippen LogP) is 2.19. The third kappa shape index (κ3) is 3.03. The number of aromatic nitrogens is 4. The first-order valence-electron chi connectivity index (χ1n) is 7.90. The summed E-state index contributed by atoms with van der Waals surface area (Å²) in [6, 6.07) is 7.08. The summed E-state index contributed by atoms with van der Waals surface area (Å²) in [5.74, 6) is -0.263. The fraction of sp³-hybridized carbons (Fsp3) is 0.167. The van der Waals surface area contributed by atoms with Gasteiger partial charge in [0.15, 0.2) is 0 Å². The molecule has 124 valence electrons. The zero-order chi connectivity index (χ0) is 17.2. The minimum atomic E-state index is -0.898. The average molecular weight is 333 g/mol. The van der Waals surface area contributed by atoms with Gasteiger partial charge >= 0.3 is 5.97 Å². The second kappa shape index (κ2) is 6.27. The van der Waals surface area contributed by atoms with E-state index in [1.54, 1.807) is 36.9 Å². The van der Waals surface area contributed by atoms with Crippen molar-refractivity contribution in [3.63, 3.8) is 0 Å². The Kier molecular flexibility index (Phi) is 3.81. The van der Waals surface area contributed by atoms with Crippen LogP contribution in [0.2, 0.25) is 0 Å². The lowest BCUT2D eigenvalue weighted by molar-refractivity contribution is 0.0696. The van der Waals surface area contributed by atoms with E-state index in [2.05, 4.69) is 24.8 Å². The number of carboxylic acid groups (broad SMARTS) is 1. The lowest BCUT2D eigenvalue weighted by atomic mass is 9.97. The van der Waals surface area contributed by atoms with E-state index in [0.29, 0.717) is 23.8 Å². The molecule has 0 aliphatic carbocycles. The van der Waals surface area contributed by atoms with Gasteiger partial charge in [0, 0.05) is 31.7 Å². The van der Waals surface area contributed by atoms with Crippen LogP contribution < -0.4 is 4.90 Å². The average Bonchev–Trinajstić information content (AvgIpc) is 2.68. The van der Waals surface area contributed by atoms with Gasteiger partial charge in [-0.15, -0.1) is 0 Å². The molecule has 0 unspecified atom stereocenters. The molecule has 0 atom stereocenters. The molecule has 0 spiro atoms. The largest absolute Gasteiger partial charge is 0.478 e. The summed E-state index contributed by atoms with van der Waals surface area (Å²) in [6.45, 7) is 1.39. The van der Waals surface area contributed by atoms with Crippen LogP contribution >= 0.6 is 0 Å². The number of carboxylic acids is 1. The normalized spacial score (nSPS) is 13.4. The fourth-order valence-corrected chi connectivity index (χ4v) is 2.93. The van der Waals surface area contributed by atoms with Gasteiger partial charge in [-0.2, -0.15) is 0 Å². The number of hydrogen-bond acceptors (Lipinski definition) is 6. The second-order valence-corrected chi connectivity index (χ2v) is 5.79. The maximum absolute atomic E-state index is 11.1. The molecule has 25 heavy (non-hydrogen) atoms. The Morgan fingerprint density at radius 2 is 1.96 bits per heavy atom. The summed E-state index contributed by atoms with van der Waals surface area (Å²) in [5, 5.41) is 9.11. The van der Waals surface area contributed by atoms with Crippen LogP contribution in [0.4, 0.5) is 5.95 Å². The van der Waals surface area contributed by atoms with Crippen molar-refractivity contribution >= 4 is 11.9 Å². The third-order valence-electron chi connectivity index (χ3n) is 4.22. The number of benzene rings is 1. The molecule has 1 N–H and O–H groups in total. The smallest absolute Gasteiger partial charge is 0.335 e. The van der Waals surface area contributed by atoms with Crippen molar-refractivity contribution in [2.24, 2.45) is 0 Å². The lowest BCUT2D eigenvalue weighted by Crippen LogP contribution is -2.32. The highest BCUT2D eigenvalue weighted by molar-refractivity contribution is 5.88. The topological polar surface area (TPSA) is 92.1 Å². The molecule has 0 saturated carbocycles. The Bertz CT molecular complexity index is 930. The fourth-order valence-electron chi connectivity index (χ4n) is 2.93. The minimum absolute atomic E-state index is 0.327. The molecule has 7 nitrogen and oxygen atoms in total. The molecule has 2 aromatic heterocycles. The molecule has 4 rings (SSSR count). The van der Waals surface area contributed by atoms with Crippen LogP contribution in [0.25, 0.3) is 11.4 Å². The molecule has 1 aliphatic rings. The van der Waals surface area contributed by atoms with Gasteiger partial charge in [-0.25, -0.2) is 14.8 Å². The summed E-state index contributed by atoms with van der Waals surface area (Å²) in [7, 11) is 0. The Labute approximate surface area is 144 Å². The number of hydrogen-bond donors (Lipinski definition) is 1. The first-order valence-corrected chi connectivity index (χ1v) is 7.90. The Morgan fingerprint density at radius 1 is 1.04 bits per heavy atom. The van der Waals surface area contributed by atoms with Crippen LogP contribution in [0, 0.1) is 0 Å². The van der Waals surface area contributed by atoms with Crippen molar-refractivity contribution in [3.8, 4) is 11.4 Å². The van der Waals surface area contributed by atoms with Crippen LogP contribution in [0.15, 0.2) is 49.1 Å². The highest BCUT2D eigenvalue weighted by atomic mass is 16.4. The number of anilines is 1. The Hall–Kier alpha value is -3.35. The second-order valence-electron chi connectivity index (χ2n) is 5.79. The summed E-state index contributed by atoms with van der Waals surface area (Å²) in [6.07, 6.45) is 7.41. The summed E-state index contributed by atoms with van der Waals surface area (Å²) < 4.78 is 0. The monoisotopic (exact) mass is 333 g/mol. The van der Waals surface area contributed by atoms with E-state index in [1.165, 1.54) is 0 Å². The van der Waals surface area contributed by atoms with Crippen LogP contribution in [0.3, 0.4) is 0 Å². The maximum Gasteiger partial charge on any atom is 0.335 e. The quantitative estimate of drug-likeness (QED) is 0.785. The van der Waals surface area contributed by atoms with Crippen molar-refractivity contribution in [2.45, 2.75) is 13.0 Å². The summed E-state index contributed by atoms with van der Waals surface area (Å²) in [4.78, 5) is 30.5. The van der Waals surface area contributed by atoms with E-state index in [0.717, 1.165) is 29.8 Å². The molecule has 0 amide bonds. The number of fused-ring (bicyclic) bond motifs is 1. The van der Waals surface area contributed by atoms with E-state index in [9.17, 15) is 4.79 Å². The van der Waals surface area contributed by atoms with Gasteiger partial charge in [-0.1, -0.05) is 6.07 Å². The molecular formula is C18H15N5O2. The molecule has 0 fully saturated rings. The molecule has 0 radical (unpaired) electrons. The van der Waals surface area contributed by atoms with Crippen LogP contribution in [-0.2, 0) is 13.0 Å². The molecule has 0 saturated heterocycles. The van der Waals surface area contributed by atoms with Crippen LogP contribution in [0.5, 0.6) is 0 Å². The molecule has 3 heterocycles. The van der Waals surface area contributed by atoms with Gasteiger partial charge in [0.05, 0.1) is 17.5 Å². The summed E-state index contributed by atoms with van der Waals surface area (Å²) in [5.41, 5.74) is 3.93. The van der Waals surface area contributed by atoms with E-state index >= 15 is 0 Å². The van der Waals surface area contributed by atoms with Crippen molar-refractivity contribution in [2.75, 3.05) is 11.4 Å². The highest BCUT2D eigenvalue weighted by Crippen LogP contribution is 2.24. The number of carbonyl (C=O) groups is 1. The van der Waals surface area contributed by atoms with Crippen LogP contribution in [0.1, 0.15) is 21.5 Å². The molecule has 7 heteroatoms. The van der Waals surface area contributed by atoms with E-state index < -0.39 is 5.97 Å². The van der Waals surface area contributed by atoms with Crippen molar-refractivity contribution in [1.29, 1.82) is 0 Å². The number of rotatable bonds is 3. The Morgan fingerprint density at radius 3 is 2.76 bits per heavy atom. The van der Waals surface area contributed by atoms with Gasteiger partial charge in [0.2, 0.25) is 5.95 Å². The van der Waals surface area contributed by atoms with Crippen LogP contribution in [-0.4, -0.2) is 37.6 Å². The zero-order valence-corrected chi connectivity index (χ0v) is 13.3. The first kappa shape index (κ1) is 15.2. The number of nitrogens with zero attached hydrogens (tertiary/aromatic N) is 5. The van der Waals surface area contributed by atoms with E-state index in [-0.39, 0.29) is 0 Å². The minimum Gasteiger partial charge on any atom is -0.478 e. The zero-order valence-electron chi connectivity index (χ0n) is 13.3. The van der Waals surface area contributed by atoms with Gasteiger partial charge in [-0.05, 0) is 35.7 Å². The predicted molar refractivity (Wildman–Crippen MR) is 91.2 cm³/mol. The molecule has 1 aliphatic heterocycles. The van der Waals surface area contributed by atoms with E-state index in [4.69, 9.17) is 5.11 Å². The molecule has 0 bridgehead atoms. The Balaban J connectivity index is 1.61. The van der Waals surface area contributed by atoms with Crippen molar-refractivity contribution < 1.29 is 9.90 Å². The molecule has 3 aromatic rings. The van der Waals surface area contributed by atoms with Gasteiger partial charge < -0.3 is 10.0 Å². The van der Waals surface area contributed by atoms with E-state index in [1.807, 2.05) is 12.1 Å². The van der Waals surface area contributed by atoms with Crippen molar-refractivity contribution in [1.82, 2.24) is 19.9 Å².